The molecule has 152 valence electrons. The second-order valence-electron chi connectivity index (χ2n) is 8.38. The van der Waals surface area contributed by atoms with Crippen LogP contribution in [0.2, 0.25) is 0 Å². The number of hydrogen-bond donors (Lipinski definition) is 1. The third kappa shape index (κ3) is 3.27. The number of hydrogen-bond acceptors (Lipinski definition) is 4. The zero-order valence-electron chi connectivity index (χ0n) is 16.2. The standard InChI is InChI=1S/C22H24FN3O3/c23-16-7-5-15(6-8-16)22(9-10-22)21(28)24-18-12-29-13-19(18)26-20(27)11-14-3-1-2-4-17(14)25-26/h5-8,11,18-19H,1-4,9-10,12-13H2,(H,24,28). The number of ether oxygens (including phenoxy) is 1. The highest BCUT2D eigenvalue weighted by Gasteiger charge is 2.52. The molecule has 1 saturated heterocycles. The molecule has 2 heterocycles. The van der Waals surface area contributed by atoms with Gasteiger partial charge in [0.2, 0.25) is 5.91 Å². The average Bonchev–Trinajstić information content (AvgIpc) is 3.42. The maximum atomic E-state index is 13.3. The Bertz CT molecular complexity index is 997. The van der Waals surface area contributed by atoms with E-state index in [0.717, 1.165) is 55.3 Å². The van der Waals surface area contributed by atoms with Crippen LogP contribution in [0.4, 0.5) is 4.39 Å². The van der Waals surface area contributed by atoms with Crippen LogP contribution in [-0.2, 0) is 27.8 Å². The highest BCUT2D eigenvalue weighted by atomic mass is 19.1. The van der Waals surface area contributed by atoms with Gasteiger partial charge in [-0.25, -0.2) is 9.07 Å². The molecule has 2 aromatic rings. The summed E-state index contributed by atoms with van der Waals surface area (Å²) in [5, 5.41) is 7.72. The van der Waals surface area contributed by atoms with Crippen molar-refractivity contribution in [3.05, 3.63) is 63.3 Å². The van der Waals surface area contributed by atoms with Gasteiger partial charge in [0.25, 0.3) is 5.56 Å². The summed E-state index contributed by atoms with van der Waals surface area (Å²) in [5.41, 5.74) is 2.12. The number of aryl methyl sites for hydroxylation is 2. The molecular formula is C22H24FN3O3. The minimum absolute atomic E-state index is 0.0874. The lowest BCUT2D eigenvalue weighted by Gasteiger charge is -2.25. The van der Waals surface area contributed by atoms with E-state index in [0.29, 0.717) is 13.2 Å². The fourth-order valence-electron chi connectivity index (χ4n) is 4.58. The Labute approximate surface area is 168 Å². The smallest absolute Gasteiger partial charge is 0.267 e. The average molecular weight is 397 g/mol. The van der Waals surface area contributed by atoms with E-state index >= 15 is 0 Å². The van der Waals surface area contributed by atoms with Crippen LogP contribution in [0, 0.1) is 5.82 Å². The van der Waals surface area contributed by atoms with E-state index in [9.17, 15) is 14.0 Å². The Hall–Kier alpha value is -2.54. The van der Waals surface area contributed by atoms with Crippen LogP contribution in [0.1, 0.15) is 48.5 Å². The third-order valence-electron chi connectivity index (χ3n) is 6.49. The van der Waals surface area contributed by atoms with Crippen LogP contribution in [0.3, 0.4) is 0 Å². The second kappa shape index (κ2) is 7.06. The van der Waals surface area contributed by atoms with Crippen molar-refractivity contribution in [2.24, 2.45) is 0 Å². The van der Waals surface area contributed by atoms with Crippen molar-refractivity contribution in [3.8, 4) is 0 Å². The topological polar surface area (TPSA) is 73.2 Å². The van der Waals surface area contributed by atoms with E-state index in [4.69, 9.17) is 4.74 Å². The van der Waals surface area contributed by atoms with Gasteiger partial charge in [-0.1, -0.05) is 12.1 Å². The molecule has 7 heteroatoms. The van der Waals surface area contributed by atoms with E-state index in [1.54, 1.807) is 18.2 Å². The van der Waals surface area contributed by atoms with E-state index < -0.39 is 5.41 Å². The first-order valence-corrected chi connectivity index (χ1v) is 10.3. The summed E-state index contributed by atoms with van der Waals surface area (Å²) >= 11 is 0. The van der Waals surface area contributed by atoms with Crippen molar-refractivity contribution in [2.45, 2.75) is 56.0 Å². The number of nitrogens with one attached hydrogen (secondary N) is 1. The van der Waals surface area contributed by atoms with Crippen molar-refractivity contribution >= 4 is 5.91 Å². The number of carbonyl (C=O) groups excluding carboxylic acids is 1. The van der Waals surface area contributed by atoms with E-state index in [-0.39, 0.29) is 29.4 Å². The largest absolute Gasteiger partial charge is 0.377 e. The quantitative estimate of drug-likeness (QED) is 0.857. The molecule has 0 spiro atoms. The number of carbonyl (C=O) groups is 1. The minimum atomic E-state index is -0.602. The molecule has 1 N–H and O–H groups in total. The maximum Gasteiger partial charge on any atom is 0.267 e. The molecule has 2 unspecified atom stereocenters. The SMILES string of the molecule is O=C(NC1COCC1n1nc2c(cc1=O)CCCC2)C1(c2ccc(F)cc2)CC1. The Morgan fingerprint density at radius 1 is 1.17 bits per heavy atom. The second-order valence-corrected chi connectivity index (χ2v) is 8.38. The molecular weight excluding hydrogens is 373 g/mol. The van der Waals surface area contributed by atoms with Crippen molar-refractivity contribution in [1.82, 2.24) is 15.1 Å². The first-order chi connectivity index (χ1) is 14.1. The molecule has 1 aromatic heterocycles. The van der Waals surface area contributed by atoms with Crippen LogP contribution in [0.25, 0.3) is 0 Å². The Balaban J connectivity index is 1.37. The number of nitrogens with zero attached hydrogens (tertiary/aromatic N) is 2. The lowest BCUT2D eigenvalue weighted by Crippen LogP contribution is -2.47. The number of rotatable bonds is 4. The fourth-order valence-corrected chi connectivity index (χ4v) is 4.58. The summed E-state index contributed by atoms with van der Waals surface area (Å²) in [6, 6.07) is 7.20. The van der Waals surface area contributed by atoms with Crippen molar-refractivity contribution in [1.29, 1.82) is 0 Å². The lowest BCUT2D eigenvalue weighted by molar-refractivity contribution is -0.124. The first-order valence-electron chi connectivity index (χ1n) is 10.3. The monoisotopic (exact) mass is 397 g/mol. The third-order valence-corrected chi connectivity index (χ3v) is 6.49. The van der Waals surface area contributed by atoms with E-state index in [1.807, 2.05) is 0 Å². The molecule has 1 aliphatic heterocycles. The molecule has 0 bridgehead atoms. The zero-order chi connectivity index (χ0) is 20.0. The molecule has 2 aliphatic carbocycles. The summed E-state index contributed by atoms with van der Waals surface area (Å²) in [6.45, 7) is 0.696. The van der Waals surface area contributed by atoms with Crippen LogP contribution in [0.5, 0.6) is 0 Å². The molecule has 5 rings (SSSR count). The highest BCUT2D eigenvalue weighted by Crippen LogP contribution is 2.48. The van der Waals surface area contributed by atoms with Gasteiger partial charge in [0.1, 0.15) is 11.9 Å². The van der Waals surface area contributed by atoms with Crippen LogP contribution in [-0.4, -0.2) is 34.9 Å². The normalized spacial score (nSPS) is 24.7. The summed E-state index contributed by atoms with van der Waals surface area (Å²) < 4.78 is 20.4. The number of amides is 1. The highest BCUT2D eigenvalue weighted by molar-refractivity contribution is 5.91. The van der Waals surface area contributed by atoms with Gasteiger partial charge in [-0.3, -0.25) is 9.59 Å². The van der Waals surface area contributed by atoms with Gasteiger partial charge < -0.3 is 10.1 Å². The zero-order valence-corrected chi connectivity index (χ0v) is 16.2. The van der Waals surface area contributed by atoms with Gasteiger partial charge in [0.15, 0.2) is 0 Å². The lowest BCUT2D eigenvalue weighted by atomic mass is 9.94. The summed E-state index contributed by atoms with van der Waals surface area (Å²) in [5.74, 6) is -0.400. The van der Waals surface area contributed by atoms with Crippen LogP contribution >= 0.6 is 0 Å². The Kier molecular flexibility index (Phi) is 4.50. The molecule has 2 fully saturated rings. The predicted molar refractivity (Wildman–Crippen MR) is 104 cm³/mol. The molecule has 6 nitrogen and oxygen atoms in total. The fraction of sp³-hybridized carbons (Fsp3) is 0.500. The Morgan fingerprint density at radius 3 is 2.69 bits per heavy atom. The minimum Gasteiger partial charge on any atom is -0.377 e. The van der Waals surface area contributed by atoms with Gasteiger partial charge in [0, 0.05) is 6.07 Å². The molecule has 2 atom stereocenters. The molecule has 3 aliphatic rings. The van der Waals surface area contributed by atoms with Gasteiger partial charge in [-0.2, -0.15) is 5.10 Å². The van der Waals surface area contributed by atoms with E-state index in [1.165, 1.54) is 16.8 Å². The van der Waals surface area contributed by atoms with Gasteiger partial charge >= 0.3 is 0 Å². The van der Waals surface area contributed by atoms with Crippen molar-refractivity contribution < 1.29 is 13.9 Å². The van der Waals surface area contributed by atoms with Crippen LogP contribution in [0.15, 0.2) is 35.1 Å². The first kappa shape index (κ1) is 18.5. The predicted octanol–water partition coefficient (Wildman–Crippen LogP) is 2.05. The molecule has 1 aromatic carbocycles. The van der Waals surface area contributed by atoms with Crippen molar-refractivity contribution in [2.75, 3.05) is 13.2 Å². The number of fused-ring (bicyclic) bond motifs is 1. The molecule has 0 radical (unpaired) electrons. The summed E-state index contributed by atoms with van der Waals surface area (Å²) in [4.78, 5) is 25.8. The van der Waals surface area contributed by atoms with Gasteiger partial charge in [-0.15, -0.1) is 0 Å². The van der Waals surface area contributed by atoms with Gasteiger partial charge in [0.05, 0.1) is 30.4 Å². The maximum absolute atomic E-state index is 13.3. The number of halogens is 1. The van der Waals surface area contributed by atoms with Crippen LogP contribution < -0.4 is 10.9 Å². The summed E-state index contributed by atoms with van der Waals surface area (Å²) in [7, 11) is 0. The van der Waals surface area contributed by atoms with Gasteiger partial charge in [-0.05, 0) is 61.8 Å². The van der Waals surface area contributed by atoms with E-state index in [2.05, 4.69) is 10.4 Å². The van der Waals surface area contributed by atoms with Crippen molar-refractivity contribution in [3.63, 3.8) is 0 Å². The molecule has 29 heavy (non-hydrogen) atoms. The Morgan fingerprint density at radius 2 is 1.93 bits per heavy atom. The number of aromatic nitrogens is 2. The number of benzene rings is 1. The molecule has 1 saturated carbocycles. The molecule has 1 amide bonds. The summed E-state index contributed by atoms with van der Waals surface area (Å²) in [6.07, 6.45) is 5.43.